The second kappa shape index (κ2) is 8.72. The molecule has 5 rings (SSSR count). The highest BCUT2D eigenvalue weighted by Crippen LogP contribution is 2.57. The van der Waals surface area contributed by atoms with E-state index in [0.717, 1.165) is 25.9 Å². The number of carbonyl (C=O) groups excluding carboxylic acids is 3. The lowest BCUT2D eigenvalue weighted by Gasteiger charge is -2.34. The Labute approximate surface area is 213 Å². The van der Waals surface area contributed by atoms with Crippen LogP contribution in [0.5, 0.6) is 17.2 Å². The fourth-order valence-corrected chi connectivity index (χ4v) is 5.42. The molecule has 192 valence electrons. The first-order valence-corrected chi connectivity index (χ1v) is 12.1. The molecule has 3 aliphatic rings. The van der Waals surface area contributed by atoms with Crippen molar-refractivity contribution < 1.29 is 29.3 Å². The summed E-state index contributed by atoms with van der Waals surface area (Å²) in [5, 5.41) is 24.8. The number of Topliss-reactive ketones (excluding diaryl/α,β-unsaturated/α-hetero) is 2. The van der Waals surface area contributed by atoms with Crippen LogP contribution < -0.4 is 15.0 Å². The van der Waals surface area contributed by atoms with Gasteiger partial charge in [0, 0.05) is 48.9 Å². The van der Waals surface area contributed by atoms with Crippen LogP contribution in [-0.4, -0.2) is 56.7 Å². The quantitative estimate of drug-likeness (QED) is 0.323. The van der Waals surface area contributed by atoms with Crippen molar-refractivity contribution in [2.45, 2.75) is 52.0 Å². The number of hydrogen-bond acceptors (Lipinski definition) is 10. The summed E-state index contributed by atoms with van der Waals surface area (Å²) in [6.07, 6.45) is 6.16. The lowest BCUT2D eigenvalue weighted by Crippen LogP contribution is -2.45. The smallest absolute Gasteiger partial charge is 0.225 e. The average molecular weight is 505 g/mol. The molecule has 1 fully saturated rings. The number of carbonyl (C=O) groups is 3. The van der Waals surface area contributed by atoms with E-state index in [1.54, 1.807) is 32.3 Å². The van der Waals surface area contributed by atoms with Gasteiger partial charge in [-0.25, -0.2) is 9.97 Å². The summed E-state index contributed by atoms with van der Waals surface area (Å²) in [5.74, 6) is -1.69. The van der Waals surface area contributed by atoms with Gasteiger partial charge in [0.25, 0.3) is 0 Å². The van der Waals surface area contributed by atoms with Crippen molar-refractivity contribution in [3.8, 4) is 17.2 Å². The number of rotatable bonds is 4. The van der Waals surface area contributed by atoms with Crippen LogP contribution >= 0.6 is 0 Å². The molecule has 1 aromatic heterocycles. The van der Waals surface area contributed by atoms with Gasteiger partial charge in [-0.2, -0.15) is 0 Å². The van der Waals surface area contributed by atoms with Gasteiger partial charge in [0.2, 0.25) is 5.95 Å². The highest BCUT2D eigenvalue weighted by atomic mass is 16.5. The minimum atomic E-state index is -1.53. The normalized spacial score (nSPS) is 22.7. The predicted molar refractivity (Wildman–Crippen MR) is 134 cm³/mol. The van der Waals surface area contributed by atoms with Gasteiger partial charge < -0.3 is 25.2 Å². The first-order valence-electron chi connectivity index (χ1n) is 12.1. The van der Waals surface area contributed by atoms with Crippen molar-refractivity contribution in [3.05, 3.63) is 58.3 Å². The first-order chi connectivity index (χ1) is 17.6. The van der Waals surface area contributed by atoms with E-state index in [9.17, 15) is 24.6 Å². The van der Waals surface area contributed by atoms with E-state index < -0.39 is 28.5 Å². The van der Waals surface area contributed by atoms with E-state index >= 15 is 0 Å². The molecule has 1 aliphatic carbocycles. The maximum atomic E-state index is 13.9. The SMILES string of the molecule is CC(=O)c1c(O)c(C)c(O)c2c1OC1=CC(=O)/C(=C(/C)NC3CCN(c4ncccn4)CC3)C(=O)[C@]12C. The number of hydrogen-bond donors (Lipinski definition) is 3. The fourth-order valence-electron chi connectivity index (χ4n) is 5.42. The number of aromatic hydroxyl groups is 2. The highest BCUT2D eigenvalue weighted by molar-refractivity contribution is 6.31. The van der Waals surface area contributed by atoms with E-state index in [1.165, 1.54) is 19.9 Å². The molecule has 1 saturated heterocycles. The van der Waals surface area contributed by atoms with Crippen molar-refractivity contribution in [2.24, 2.45) is 0 Å². The third kappa shape index (κ3) is 3.66. The van der Waals surface area contributed by atoms with Crippen LogP contribution in [0.4, 0.5) is 5.95 Å². The van der Waals surface area contributed by atoms with Crippen LogP contribution in [0.3, 0.4) is 0 Å². The molecule has 0 amide bonds. The molecular formula is C27H28N4O6. The van der Waals surface area contributed by atoms with Crippen LogP contribution in [0.15, 0.2) is 41.6 Å². The monoisotopic (exact) mass is 504 g/mol. The number of piperidine rings is 1. The first kappa shape index (κ1) is 24.5. The Hall–Kier alpha value is -4.21. The van der Waals surface area contributed by atoms with Gasteiger partial charge in [-0.05, 0) is 46.6 Å². The molecule has 0 spiro atoms. The Kier molecular flexibility index (Phi) is 5.77. The number of allylic oxidation sites excluding steroid dienone is 4. The van der Waals surface area contributed by atoms with Gasteiger partial charge >= 0.3 is 0 Å². The molecule has 3 N–H and O–H groups in total. The van der Waals surface area contributed by atoms with Crippen molar-refractivity contribution in [1.29, 1.82) is 0 Å². The third-order valence-corrected chi connectivity index (χ3v) is 7.51. The standard InChI is InChI=1S/C27H28N4O6/c1-13-22(34)20(15(3)32)24-21(23(13)35)27(4)18(37-24)12-17(33)19(25(27)36)14(2)30-16-6-10-31(11-7-16)26-28-8-5-9-29-26/h5,8-9,12,16,30,34-35H,6-7,10-11H2,1-4H3/b19-14+/t27-/m1/s1. The molecule has 1 aromatic carbocycles. The van der Waals surface area contributed by atoms with Crippen molar-refractivity contribution in [1.82, 2.24) is 15.3 Å². The average Bonchev–Trinajstić information content (AvgIpc) is 3.16. The molecule has 0 unspecified atom stereocenters. The maximum absolute atomic E-state index is 13.9. The molecule has 1 atom stereocenters. The number of phenolic OH excluding ortho intramolecular Hbond substituents is 2. The Morgan fingerprint density at radius 3 is 2.41 bits per heavy atom. The van der Waals surface area contributed by atoms with Crippen LogP contribution in [0.25, 0.3) is 0 Å². The van der Waals surface area contributed by atoms with E-state index in [4.69, 9.17) is 4.74 Å². The number of nitrogens with zero attached hydrogens (tertiary/aromatic N) is 3. The number of nitrogens with one attached hydrogen (secondary N) is 1. The Balaban J connectivity index is 1.46. The molecular weight excluding hydrogens is 476 g/mol. The van der Waals surface area contributed by atoms with Crippen LogP contribution in [0, 0.1) is 6.92 Å². The summed E-state index contributed by atoms with van der Waals surface area (Å²) in [7, 11) is 0. The predicted octanol–water partition coefficient (Wildman–Crippen LogP) is 2.62. The van der Waals surface area contributed by atoms with Gasteiger partial charge in [0.1, 0.15) is 34.0 Å². The van der Waals surface area contributed by atoms with Crippen LogP contribution in [-0.2, 0) is 15.0 Å². The fraction of sp³-hybridized carbons (Fsp3) is 0.370. The van der Waals surface area contributed by atoms with Gasteiger partial charge in [-0.1, -0.05) is 0 Å². The number of benzene rings is 1. The van der Waals surface area contributed by atoms with E-state index in [0.29, 0.717) is 11.6 Å². The summed E-state index contributed by atoms with van der Waals surface area (Å²) in [6, 6.07) is 1.81. The zero-order chi connectivity index (χ0) is 26.6. The van der Waals surface area contributed by atoms with E-state index in [2.05, 4.69) is 20.2 Å². The number of fused-ring (bicyclic) bond motifs is 3. The van der Waals surface area contributed by atoms with Crippen molar-refractivity contribution >= 4 is 23.3 Å². The highest BCUT2D eigenvalue weighted by Gasteiger charge is 2.56. The lowest BCUT2D eigenvalue weighted by molar-refractivity contribution is -0.123. The summed E-state index contributed by atoms with van der Waals surface area (Å²) in [4.78, 5) is 50.1. The molecule has 0 radical (unpaired) electrons. The van der Waals surface area contributed by atoms with Gasteiger partial charge in [-0.15, -0.1) is 0 Å². The van der Waals surface area contributed by atoms with Crippen LogP contribution in [0.2, 0.25) is 0 Å². The molecule has 2 aromatic rings. The second-order valence-corrected chi connectivity index (χ2v) is 9.84. The third-order valence-electron chi connectivity index (χ3n) is 7.51. The molecule has 10 heteroatoms. The zero-order valence-corrected chi connectivity index (χ0v) is 21.1. The minimum Gasteiger partial charge on any atom is -0.507 e. The summed E-state index contributed by atoms with van der Waals surface area (Å²) >= 11 is 0. The summed E-state index contributed by atoms with van der Waals surface area (Å²) < 4.78 is 5.81. The Bertz CT molecular complexity index is 1410. The molecule has 0 saturated carbocycles. The van der Waals surface area contributed by atoms with Gasteiger partial charge in [0.05, 0.1) is 11.1 Å². The van der Waals surface area contributed by atoms with Crippen molar-refractivity contribution in [2.75, 3.05) is 18.0 Å². The topological polar surface area (TPSA) is 142 Å². The minimum absolute atomic E-state index is 0.0213. The summed E-state index contributed by atoms with van der Waals surface area (Å²) in [5.41, 5.74) is -1.09. The molecule has 0 bridgehead atoms. The van der Waals surface area contributed by atoms with Gasteiger partial charge in [0.15, 0.2) is 17.3 Å². The van der Waals surface area contributed by atoms with Gasteiger partial charge in [-0.3, -0.25) is 14.4 Å². The number of ketones is 3. The Morgan fingerprint density at radius 1 is 1.14 bits per heavy atom. The zero-order valence-electron chi connectivity index (χ0n) is 21.1. The van der Waals surface area contributed by atoms with Crippen LogP contribution in [0.1, 0.15) is 55.1 Å². The van der Waals surface area contributed by atoms with Crippen molar-refractivity contribution in [3.63, 3.8) is 0 Å². The maximum Gasteiger partial charge on any atom is 0.225 e. The number of aromatic nitrogens is 2. The number of anilines is 1. The lowest BCUT2D eigenvalue weighted by atomic mass is 9.70. The molecule has 3 heterocycles. The van der Waals surface area contributed by atoms with E-state index in [-0.39, 0.29) is 45.6 Å². The largest absolute Gasteiger partial charge is 0.507 e. The molecule has 37 heavy (non-hydrogen) atoms. The number of ether oxygens (including phenoxy) is 1. The molecule has 2 aliphatic heterocycles. The van der Waals surface area contributed by atoms with E-state index in [1.807, 2.05) is 0 Å². The molecule has 10 nitrogen and oxygen atoms in total. The Morgan fingerprint density at radius 2 is 1.78 bits per heavy atom. The number of phenols is 2. The summed E-state index contributed by atoms with van der Waals surface area (Å²) in [6.45, 7) is 7.41. The second-order valence-electron chi connectivity index (χ2n) is 9.84.